The molecule has 0 atom stereocenters. The maximum absolute atomic E-state index is 12.3. The normalized spacial score (nSPS) is 11.4. The van der Waals surface area contributed by atoms with Gasteiger partial charge in [0.1, 0.15) is 0 Å². The van der Waals surface area contributed by atoms with Gasteiger partial charge in [-0.1, -0.05) is 59.8 Å². The van der Waals surface area contributed by atoms with Gasteiger partial charge in [0.25, 0.3) is 5.91 Å². The fraction of sp³-hybridized carbons (Fsp3) is 0.160. The Kier molecular flexibility index (Phi) is 9.54. The van der Waals surface area contributed by atoms with Crippen LogP contribution < -0.4 is 20.5 Å². The molecule has 3 rings (SSSR count). The zero-order chi connectivity index (χ0) is 24.3. The maximum Gasteiger partial charge on any atom is 0.262 e. The van der Waals surface area contributed by atoms with Crippen molar-refractivity contribution in [3.8, 4) is 11.5 Å². The van der Waals surface area contributed by atoms with Crippen molar-refractivity contribution in [1.82, 2.24) is 0 Å². The molecule has 0 bridgehead atoms. The van der Waals surface area contributed by atoms with Crippen LogP contribution in [-0.4, -0.2) is 31.0 Å². The number of hydrogen-bond donors (Lipinski definition) is 2. The lowest BCUT2D eigenvalue weighted by atomic mass is 10.2. The van der Waals surface area contributed by atoms with Crippen LogP contribution in [0.25, 0.3) is 0 Å². The molecule has 3 N–H and O–H groups in total. The summed E-state index contributed by atoms with van der Waals surface area (Å²) in [5.74, 6) is 1.31. The Morgan fingerprint density at radius 2 is 1.88 bits per heavy atom. The number of amidine groups is 1. The summed E-state index contributed by atoms with van der Waals surface area (Å²) in [4.78, 5) is 12.3. The van der Waals surface area contributed by atoms with E-state index in [9.17, 15) is 4.79 Å². The van der Waals surface area contributed by atoms with E-state index < -0.39 is 0 Å². The Morgan fingerprint density at radius 3 is 2.59 bits per heavy atom. The number of nitrogens with two attached hydrogens (primary N) is 1. The van der Waals surface area contributed by atoms with E-state index in [0.717, 1.165) is 16.7 Å². The number of carbonyl (C=O) groups is 1. The van der Waals surface area contributed by atoms with Crippen LogP contribution in [0.5, 0.6) is 11.5 Å². The van der Waals surface area contributed by atoms with Crippen LogP contribution in [-0.2, 0) is 10.5 Å². The molecule has 0 aliphatic heterocycles. The van der Waals surface area contributed by atoms with Crippen molar-refractivity contribution in [2.45, 2.75) is 12.7 Å². The predicted octanol–water partition coefficient (Wildman–Crippen LogP) is 5.37. The van der Waals surface area contributed by atoms with Crippen molar-refractivity contribution in [3.05, 3.63) is 87.9 Å². The van der Waals surface area contributed by atoms with Gasteiger partial charge in [-0.15, -0.1) is 5.10 Å². The van der Waals surface area contributed by atoms with Gasteiger partial charge in [0.15, 0.2) is 23.3 Å². The molecule has 3 aromatic rings. The molecule has 7 nitrogen and oxygen atoms in total. The molecule has 0 heterocycles. The summed E-state index contributed by atoms with van der Waals surface area (Å²) in [6, 6.07) is 21.1. The number of carbonyl (C=O) groups excluding carboxylic acids is 1. The zero-order valence-electron chi connectivity index (χ0n) is 18.8. The van der Waals surface area contributed by atoms with E-state index in [2.05, 4.69) is 31.4 Å². The minimum absolute atomic E-state index is 0.171. The van der Waals surface area contributed by atoms with Crippen molar-refractivity contribution < 1.29 is 14.3 Å². The summed E-state index contributed by atoms with van der Waals surface area (Å²) in [5, 5.41) is 11.3. The molecule has 0 aliphatic rings. The van der Waals surface area contributed by atoms with Gasteiger partial charge in [-0.2, -0.15) is 5.10 Å². The van der Waals surface area contributed by atoms with E-state index in [1.165, 1.54) is 18.9 Å². The summed E-state index contributed by atoms with van der Waals surface area (Å²) >= 11 is 4.88. The Morgan fingerprint density at radius 1 is 1.15 bits per heavy atom. The molecule has 0 saturated heterocycles. The van der Waals surface area contributed by atoms with Crippen molar-refractivity contribution in [3.63, 3.8) is 0 Å². The Hall–Kier alpha value is -3.30. The Labute approximate surface area is 211 Å². The molecule has 1 amide bonds. The second-order valence-electron chi connectivity index (χ2n) is 7.19. The number of nitrogens with one attached hydrogen (secondary N) is 1. The van der Waals surface area contributed by atoms with Gasteiger partial charge in [-0.3, -0.25) is 4.79 Å². The van der Waals surface area contributed by atoms with Gasteiger partial charge >= 0.3 is 0 Å². The number of ether oxygens (including phenoxy) is 2. The van der Waals surface area contributed by atoms with Crippen molar-refractivity contribution >= 4 is 50.7 Å². The van der Waals surface area contributed by atoms with Crippen LogP contribution in [0, 0.1) is 6.92 Å². The average molecular weight is 541 g/mol. The summed E-state index contributed by atoms with van der Waals surface area (Å²) in [6.07, 6.45) is 1.57. The zero-order valence-corrected chi connectivity index (χ0v) is 21.2. The number of hydrogen-bond acceptors (Lipinski definition) is 6. The number of thioether (sulfide) groups is 1. The van der Waals surface area contributed by atoms with E-state index in [4.69, 9.17) is 15.2 Å². The van der Waals surface area contributed by atoms with Gasteiger partial charge in [0.05, 0.1) is 17.8 Å². The van der Waals surface area contributed by atoms with Crippen LogP contribution in [0.2, 0.25) is 0 Å². The van der Waals surface area contributed by atoms with E-state index in [0.29, 0.717) is 32.6 Å². The molecule has 34 heavy (non-hydrogen) atoms. The average Bonchev–Trinajstić information content (AvgIpc) is 2.84. The first-order valence-corrected chi connectivity index (χ1v) is 12.1. The summed E-state index contributed by atoms with van der Waals surface area (Å²) in [6.45, 7) is 1.81. The summed E-state index contributed by atoms with van der Waals surface area (Å²) < 4.78 is 11.8. The van der Waals surface area contributed by atoms with Gasteiger partial charge < -0.3 is 20.5 Å². The first-order chi connectivity index (χ1) is 16.4. The molecule has 3 aromatic carbocycles. The van der Waals surface area contributed by atoms with E-state index in [1.807, 2.05) is 61.5 Å². The monoisotopic (exact) mass is 540 g/mol. The van der Waals surface area contributed by atoms with Gasteiger partial charge in [0, 0.05) is 11.4 Å². The Bertz CT molecular complexity index is 1170. The third-order valence-electron chi connectivity index (χ3n) is 4.53. The highest BCUT2D eigenvalue weighted by Crippen LogP contribution is 2.36. The SMILES string of the molecule is COc1cc(C=NN=C(N)SCc2ccccc2)cc(Br)c1OCC(=O)Nc1ccc(C)cc1. The molecule has 176 valence electrons. The second-order valence-corrected chi connectivity index (χ2v) is 9.04. The van der Waals surface area contributed by atoms with Crippen LogP contribution in [0.3, 0.4) is 0 Å². The fourth-order valence-corrected chi connectivity index (χ4v) is 4.02. The van der Waals surface area contributed by atoms with Crippen LogP contribution >= 0.6 is 27.7 Å². The first kappa shape index (κ1) is 25.3. The highest BCUT2D eigenvalue weighted by molar-refractivity contribution is 9.10. The lowest BCUT2D eigenvalue weighted by molar-refractivity contribution is -0.118. The molecule has 0 aliphatic carbocycles. The highest BCUT2D eigenvalue weighted by atomic mass is 79.9. The van der Waals surface area contributed by atoms with Crippen LogP contribution in [0.15, 0.2) is 81.4 Å². The number of methoxy groups -OCH3 is 1. The molecular formula is C25H25BrN4O3S. The molecule has 0 aromatic heterocycles. The second kappa shape index (κ2) is 12.8. The van der Waals surface area contributed by atoms with Gasteiger partial charge in [-0.25, -0.2) is 0 Å². The van der Waals surface area contributed by atoms with Crippen molar-refractivity contribution in [2.75, 3.05) is 19.0 Å². The standard InChI is InChI=1S/C25H25BrN4O3S/c1-17-8-10-20(11-9-17)29-23(31)15-33-24-21(26)12-19(13-22(24)32-2)14-28-30-25(27)34-16-18-6-4-3-5-7-18/h3-14H,15-16H2,1-2H3,(H2,27,30)(H,29,31). The third kappa shape index (κ3) is 7.93. The van der Waals surface area contributed by atoms with Crippen LogP contribution in [0.1, 0.15) is 16.7 Å². The molecule has 0 radical (unpaired) electrons. The quantitative estimate of drug-likeness (QED) is 0.216. The molecular weight excluding hydrogens is 516 g/mol. The molecule has 0 saturated carbocycles. The predicted molar refractivity (Wildman–Crippen MR) is 143 cm³/mol. The molecule has 0 spiro atoms. The van der Waals surface area contributed by atoms with E-state index in [1.54, 1.807) is 18.3 Å². The summed E-state index contributed by atoms with van der Waals surface area (Å²) in [7, 11) is 1.53. The number of rotatable bonds is 9. The van der Waals surface area contributed by atoms with Crippen molar-refractivity contribution in [1.29, 1.82) is 0 Å². The number of nitrogens with zero attached hydrogens (tertiary/aromatic N) is 2. The number of amides is 1. The highest BCUT2D eigenvalue weighted by Gasteiger charge is 2.13. The Balaban J connectivity index is 1.58. The minimum atomic E-state index is -0.277. The van der Waals surface area contributed by atoms with Gasteiger partial charge in [0.2, 0.25) is 0 Å². The topological polar surface area (TPSA) is 98.3 Å². The van der Waals surface area contributed by atoms with Gasteiger partial charge in [-0.05, 0) is 58.2 Å². The number of benzene rings is 3. The molecule has 0 fully saturated rings. The lowest BCUT2D eigenvalue weighted by Gasteiger charge is -2.13. The third-order valence-corrected chi connectivity index (χ3v) is 5.97. The molecule has 9 heteroatoms. The van der Waals surface area contributed by atoms with Crippen LogP contribution in [0.4, 0.5) is 5.69 Å². The van der Waals surface area contributed by atoms with E-state index in [-0.39, 0.29) is 12.5 Å². The maximum atomic E-state index is 12.3. The smallest absolute Gasteiger partial charge is 0.262 e. The number of halogens is 1. The van der Waals surface area contributed by atoms with E-state index >= 15 is 0 Å². The minimum Gasteiger partial charge on any atom is -0.493 e. The van der Waals surface area contributed by atoms with Crippen molar-refractivity contribution in [2.24, 2.45) is 15.9 Å². The molecule has 0 unspecified atom stereocenters. The summed E-state index contributed by atoms with van der Waals surface area (Å²) in [5.41, 5.74) is 9.64. The lowest BCUT2D eigenvalue weighted by Crippen LogP contribution is -2.20. The largest absolute Gasteiger partial charge is 0.493 e. The number of aryl methyl sites for hydroxylation is 1. The fourth-order valence-electron chi connectivity index (χ4n) is 2.84. The number of anilines is 1. The first-order valence-electron chi connectivity index (χ1n) is 10.3.